The molecule has 0 unspecified atom stereocenters. The topological polar surface area (TPSA) is 62.2 Å². The lowest BCUT2D eigenvalue weighted by atomic mass is 9.90. The molecule has 2 fully saturated rings. The zero-order valence-electron chi connectivity index (χ0n) is 25.5. The Balaban J connectivity index is 1.42. The van der Waals surface area contributed by atoms with Crippen LogP contribution >= 0.6 is 0 Å². The first-order valence-corrected chi connectivity index (χ1v) is 15.4. The molecule has 2 aromatic heterocycles. The van der Waals surface area contributed by atoms with Crippen LogP contribution in [-0.2, 0) is 31.1 Å². The number of carbonyl (C=O) groups excluding carboxylic acids is 1. The molecule has 6 rings (SSSR count). The van der Waals surface area contributed by atoms with Gasteiger partial charge in [-0.05, 0) is 93.5 Å². The van der Waals surface area contributed by atoms with E-state index in [0.717, 1.165) is 43.0 Å². The van der Waals surface area contributed by atoms with Gasteiger partial charge in [0.05, 0.1) is 16.8 Å². The van der Waals surface area contributed by atoms with Gasteiger partial charge in [-0.3, -0.25) is 4.79 Å². The first-order chi connectivity index (χ1) is 20.4. The molecule has 2 saturated carbocycles. The van der Waals surface area contributed by atoms with E-state index in [2.05, 4.69) is 34.8 Å². The number of halogens is 3. The summed E-state index contributed by atoms with van der Waals surface area (Å²) in [5.74, 6) is 2.57. The lowest BCUT2D eigenvalue weighted by molar-refractivity contribution is -0.137. The van der Waals surface area contributed by atoms with Crippen molar-refractivity contribution in [1.82, 2.24) is 15.0 Å². The monoisotopic (exact) mass is 591 g/mol. The molecule has 0 bridgehead atoms. The molecule has 43 heavy (non-hydrogen) atoms. The van der Waals surface area contributed by atoms with Gasteiger partial charge in [0.2, 0.25) is 5.95 Å². The molecular formula is C34H40F3N5O. The number of carbonyl (C=O) groups is 1. The van der Waals surface area contributed by atoms with Gasteiger partial charge in [-0.1, -0.05) is 25.5 Å². The fourth-order valence-electron chi connectivity index (χ4n) is 6.20. The number of anilines is 2. The maximum atomic E-state index is 13.7. The van der Waals surface area contributed by atoms with Crippen LogP contribution in [-0.4, -0.2) is 33.8 Å². The summed E-state index contributed by atoms with van der Waals surface area (Å²) in [6, 6.07) is 6.43. The molecular weight excluding hydrogens is 551 g/mol. The SMILES string of the molecule is CC(=O)c1cnc(N(Cc2cc(C)cc(C(F)(F)F)c2)Cc2cc3c(nc2N(CC2CC2)CC2CC2)C(C)(C)CC3)nc1. The average molecular weight is 592 g/mol. The van der Waals surface area contributed by atoms with E-state index in [9.17, 15) is 18.0 Å². The highest BCUT2D eigenvalue weighted by molar-refractivity contribution is 5.93. The smallest absolute Gasteiger partial charge is 0.356 e. The number of nitrogens with zero attached hydrogens (tertiary/aromatic N) is 5. The zero-order chi connectivity index (χ0) is 30.5. The summed E-state index contributed by atoms with van der Waals surface area (Å²) >= 11 is 0. The Morgan fingerprint density at radius 2 is 1.60 bits per heavy atom. The minimum atomic E-state index is -4.44. The number of rotatable bonds is 11. The van der Waals surface area contributed by atoms with Crippen LogP contribution in [0.3, 0.4) is 0 Å². The molecule has 3 aliphatic carbocycles. The van der Waals surface area contributed by atoms with Crippen LogP contribution in [0.25, 0.3) is 0 Å². The van der Waals surface area contributed by atoms with Gasteiger partial charge in [-0.2, -0.15) is 13.2 Å². The van der Waals surface area contributed by atoms with E-state index in [-0.39, 0.29) is 17.7 Å². The number of pyridine rings is 1. The normalized spacial score (nSPS) is 17.6. The number of aryl methyl sites for hydroxylation is 2. The second-order valence-electron chi connectivity index (χ2n) is 13.5. The number of alkyl halides is 3. The Kier molecular flexibility index (Phi) is 7.71. The molecule has 3 aliphatic rings. The molecule has 3 aromatic rings. The van der Waals surface area contributed by atoms with Crippen LogP contribution in [0.4, 0.5) is 24.9 Å². The van der Waals surface area contributed by atoms with Crippen LogP contribution in [0, 0.1) is 18.8 Å². The third-order valence-corrected chi connectivity index (χ3v) is 9.00. The van der Waals surface area contributed by atoms with Gasteiger partial charge in [0, 0.05) is 49.6 Å². The van der Waals surface area contributed by atoms with E-state index in [4.69, 9.17) is 4.98 Å². The first kappa shape index (κ1) is 29.6. The van der Waals surface area contributed by atoms with Crippen molar-refractivity contribution in [2.24, 2.45) is 11.8 Å². The molecule has 6 nitrogen and oxygen atoms in total. The molecule has 0 N–H and O–H groups in total. The lowest BCUT2D eigenvalue weighted by Gasteiger charge is -2.31. The lowest BCUT2D eigenvalue weighted by Crippen LogP contribution is -2.33. The van der Waals surface area contributed by atoms with Gasteiger partial charge >= 0.3 is 6.18 Å². The molecule has 0 saturated heterocycles. The Hall–Kier alpha value is -3.49. The van der Waals surface area contributed by atoms with Gasteiger partial charge in [0.25, 0.3) is 0 Å². The van der Waals surface area contributed by atoms with Gasteiger partial charge in [0.1, 0.15) is 5.82 Å². The second-order valence-corrected chi connectivity index (χ2v) is 13.5. The number of ketones is 1. The van der Waals surface area contributed by atoms with Crippen LogP contribution in [0.1, 0.15) is 96.7 Å². The number of hydrogen-bond acceptors (Lipinski definition) is 6. The fraction of sp³-hybridized carbons (Fsp3) is 0.529. The molecule has 0 aliphatic heterocycles. The van der Waals surface area contributed by atoms with Crippen molar-refractivity contribution in [3.63, 3.8) is 0 Å². The van der Waals surface area contributed by atoms with Crippen LogP contribution in [0.2, 0.25) is 0 Å². The number of fused-ring (bicyclic) bond motifs is 1. The number of aromatic nitrogens is 3. The fourth-order valence-corrected chi connectivity index (χ4v) is 6.20. The number of hydrogen-bond donors (Lipinski definition) is 0. The van der Waals surface area contributed by atoms with Gasteiger partial charge in [-0.25, -0.2) is 15.0 Å². The predicted octanol–water partition coefficient (Wildman–Crippen LogP) is 7.46. The van der Waals surface area contributed by atoms with Crippen molar-refractivity contribution in [3.05, 3.63) is 75.7 Å². The summed E-state index contributed by atoms with van der Waals surface area (Å²) in [6.07, 6.45) is 5.49. The van der Waals surface area contributed by atoms with Crippen molar-refractivity contribution in [3.8, 4) is 0 Å². The van der Waals surface area contributed by atoms with Crippen molar-refractivity contribution in [1.29, 1.82) is 0 Å². The van der Waals surface area contributed by atoms with Gasteiger partial charge in [0.15, 0.2) is 5.78 Å². The third-order valence-electron chi connectivity index (χ3n) is 9.00. The standard InChI is InChI=1S/C34H40F3N5O/c1-21-11-25(13-29(12-21)34(35,36)37)19-42(32-38-15-28(16-39-32)22(2)43)20-27-14-26-9-10-33(3,4)30(26)40-31(27)41(17-23-5-6-23)18-24-7-8-24/h11-16,23-24H,5-10,17-20H2,1-4H3. The summed E-state index contributed by atoms with van der Waals surface area (Å²) in [7, 11) is 0. The van der Waals surface area contributed by atoms with Crippen LogP contribution in [0.15, 0.2) is 36.7 Å². The summed E-state index contributed by atoms with van der Waals surface area (Å²) in [4.78, 5) is 30.7. The second kappa shape index (κ2) is 11.2. The molecule has 0 atom stereocenters. The Morgan fingerprint density at radius 3 is 2.19 bits per heavy atom. The van der Waals surface area contributed by atoms with E-state index >= 15 is 0 Å². The molecule has 2 heterocycles. The molecule has 0 amide bonds. The van der Waals surface area contributed by atoms with E-state index in [1.807, 2.05) is 4.90 Å². The highest BCUT2D eigenvalue weighted by Crippen LogP contribution is 2.42. The minimum Gasteiger partial charge on any atom is -0.356 e. The van der Waals surface area contributed by atoms with Gasteiger partial charge in [-0.15, -0.1) is 0 Å². The van der Waals surface area contributed by atoms with Crippen LogP contribution < -0.4 is 9.80 Å². The van der Waals surface area contributed by atoms with Crippen LogP contribution in [0.5, 0.6) is 0 Å². The van der Waals surface area contributed by atoms with Crippen molar-refractivity contribution < 1.29 is 18.0 Å². The Morgan fingerprint density at radius 1 is 0.953 bits per heavy atom. The summed E-state index contributed by atoms with van der Waals surface area (Å²) in [6.45, 7) is 10.2. The Bertz CT molecular complexity index is 1500. The molecule has 228 valence electrons. The van der Waals surface area contributed by atoms with E-state index < -0.39 is 11.7 Å². The maximum Gasteiger partial charge on any atom is 0.416 e. The highest BCUT2D eigenvalue weighted by atomic mass is 19.4. The number of benzene rings is 1. The predicted molar refractivity (Wildman–Crippen MR) is 161 cm³/mol. The van der Waals surface area contributed by atoms with Gasteiger partial charge < -0.3 is 9.80 Å². The molecule has 1 aromatic carbocycles. The van der Waals surface area contributed by atoms with E-state index in [1.165, 1.54) is 62.7 Å². The van der Waals surface area contributed by atoms with Crippen molar-refractivity contribution in [2.75, 3.05) is 22.9 Å². The average Bonchev–Trinajstić information content (AvgIpc) is 3.88. The maximum absolute atomic E-state index is 13.7. The summed E-state index contributed by atoms with van der Waals surface area (Å²) < 4.78 is 41.2. The summed E-state index contributed by atoms with van der Waals surface area (Å²) in [5, 5.41) is 0. The van der Waals surface area contributed by atoms with E-state index in [1.54, 1.807) is 13.0 Å². The Labute approximate surface area is 251 Å². The molecule has 9 heteroatoms. The largest absolute Gasteiger partial charge is 0.416 e. The quantitative estimate of drug-likeness (QED) is 0.216. The van der Waals surface area contributed by atoms with Crippen molar-refractivity contribution in [2.45, 2.75) is 90.9 Å². The molecule has 0 spiro atoms. The number of Topliss-reactive ketones (excluding diaryl/α,β-unsaturated/α-hetero) is 1. The van der Waals surface area contributed by atoms with Crippen molar-refractivity contribution >= 4 is 17.5 Å². The highest BCUT2D eigenvalue weighted by Gasteiger charge is 2.36. The zero-order valence-corrected chi connectivity index (χ0v) is 25.5. The third kappa shape index (κ3) is 6.86. The summed E-state index contributed by atoms with van der Waals surface area (Å²) in [5.41, 5.74) is 4.22. The minimum absolute atomic E-state index is 0.00563. The van der Waals surface area contributed by atoms with E-state index in [0.29, 0.717) is 41.0 Å². The first-order valence-electron chi connectivity index (χ1n) is 15.4. The molecule has 0 radical (unpaired) electrons.